The number of hydrogen-bond donors (Lipinski definition) is 0. The third kappa shape index (κ3) is 7.58. The van der Waals surface area contributed by atoms with E-state index in [0.29, 0.717) is 5.56 Å². The van der Waals surface area contributed by atoms with Crippen molar-refractivity contribution in [1.29, 1.82) is 5.26 Å². The molecule has 2 aromatic rings. The number of nitrogens with zero attached hydrogens (tertiary/aromatic N) is 2. The number of rotatable bonds is 7. The highest BCUT2D eigenvalue weighted by Crippen LogP contribution is 2.25. The molecule has 0 N–H and O–H groups in total. The van der Waals surface area contributed by atoms with E-state index in [1.165, 1.54) is 50.5 Å². The van der Waals surface area contributed by atoms with E-state index >= 15 is 0 Å². The molecule has 26 heavy (non-hydrogen) atoms. The van der Waals surface area contributed by atoms with Crippen molar-refractivity contribution in [2.75, 3.05) is 0 Å². The molecule has 1 aromatic heterocycles. The predicted octanol–water partition coefficient (Wildman–Crippen LogP) is 7.65. The van der Waals surface area contributed by atoms with E-state index in [4.69, 9.17) is 16.9 Å². The molecule has 0 amide bonds. The number of hydrogen-bond acceptors (Lipinski definition) is 2. The maximum atomic E-state index is 8.87. The molecule has 0 fully saturated rings. The minimum absolute atomic E-state index is 0.258. The van der Waals surface area contributed by atoms with Crippen molar-refractivity contribution in [2.24, 2.45) is 0 Å². The van der Waals surface area contributed by atoms with Gasteiger partial charge in [0, 0.05) is 5.56 Å². The normalized spacial score (nSPS) is 10.0. The van der Waals surface area contributed by atoms with Crippen molar-refractivity contribution < 1.29 is 0 Å². The van der Waals surface area contributed by atoms with Gasteiger partial charge in [-0.1, -0.05) is 100 Å². The van der Waals surface area contributed by atoms with Gasteiger partial charge in [-0.05, 0) is 25.5 Å². The molecule has 0 aliphatic rings. The Hall–Kier alpha value is -1.85. The zero-order valence-electron chi connectivity index (χ0n) is 16.6. The van der Waals surface area contributed by atoms with Gasteiger partial charge in [0.15, 0.2) is 0 Å². The molecule has 0 bridgehead atoms. The molecule has 0 unspecified atom stereocenters. The SMILES string of the molecule is CCCCCCCCC.Cc1ccc(-c2nc(Cl)c(C#N)cc2C)cc1. The molecule has 0 saturated heterocycles. The van der Waals surface area contributed by atoms with Crippen LogP contribution in [0.2, 0.25) is 5.15 Å². The zero-order valence-corrected chi connectivity index (χ0v) is 17.4. The summed E-state index contributed by atoms with van der Waals surface area (Å²) in [7, 11) is 0. The monoisotopic (exact) mass is 370 g/mol. The molecule has 2 nitrogen and oxygen atoms in total. The summed E-state index contributed by atoms with van der Waals surface area (Å²) in [5.41, 5.74) is 4.41. The molecule has 0 aliphatic heterocycles. The summed E-state index contributed by atoms with van der Waals surface area (Å²) >= 11 is 5.95. The molecule has 140 valence electrons. The number of benzene rings is 1. The standard InChI is InChI=1S/C14H11ClN2.C9H20/c1-9-3-5-11(6-4-9)13-10(2)7-12(8-16)14(15)17-13;1-3-5-7-9-8-6-4-2/h3-7H,1-2H3;3-9H2,1-2H3. The molecular formula is C23H31ClN2. The first kappa shape index (κ1) is 22.2. The van der Waals surface area contributed by atoms with Crippen LogP contribution in [0.25, 0.3) is 11.3 Å². The van der Waals surface area contributed by atoms with Crippen molar-refractivity contribution in [2.45, 2.75) is 72.6 Å². The van der Waals surface area contributed by atoms with Gasteiger partial charge in [0.1, 0.15) is 11.2 Å². The molecule has 2 rings (SSSR count). The number of pyridine rings is 1. The Kier molecular flexibility index (Phi) is 10.7. The van der Waals surface area contributed by atoms with Crippen LogP contribution in [0.5, 0.6) is 0 Å². The first-order valence-electron chi connectivity index (χ1n) is 9.67. The van der Waals surface area contributed by atoms with E-state index in [9.17, 15) is 0 Å². The van der Waals surface area contributed by atoms with Crippen LogP contribution in [0.15, 0.2) is 30.3 Å². The summed E-state index contributed by atoms with van der Waals surface area (Å²) in [4.78, 5) is 4.29. The number of unbranched alkanes of at least 4 members (excludes halogenated alkanes) is 6. The van der Waals surface area contributed by atoms with E-state index in [1.807, 2.05) is 44.2 Å². The summed E-state index contributed by atoms with van der Waals surface area (Å²) in [6.07, 6.45) is 9.97. The van der Waals surface area contributed by atoms with Crippen molar-refractivity contribution in [3.05, 3.63) is 52.2 Å². The van der Waals surface area contributed by atoms with Crippen LogP contribution in [-0.4, -0.2) is 4.98 Å². The third-order valence-corrected chi connectivity index (χ3v) is 4.61. The summed E-state index contributed by atoms with van der Waals surface area (Å²) < 4.78 is 0. The van der Waals surface area contributed by atoms with Crippen molar-refractivity contribution in [3.63, 3.8) is 0 Å². The van der Waals surface area contributed by atoms with E-state index in [0.717, 1.165) is 16.8 Å². The lowest BCUT2D eigenvalue weighted by Crippen LogP contribution is -1.92. The largest absolute Gasteiger partial charge is 0.234 e. The van der Waals surface area contributed by atoms with E-state index in [1.54, 1.807) is 6.07 Å². The van der Waals surface area contributed by atoms with Gasteiger partial charge in [-0.25, -0.2) is 4.98 Å². The highest BCUT2D eigenvalue weighted by atomic mass is 35.5. The number of aryl methyl sites for hydroxylation is 2. The molecule has 1 aromatic carbocycles. The van der Waals surface area contributed by atoms with E-state index < -0.39 is 0 Å². The average Bonchev–Trinajstić information content (AvgIpc) is 2.64. The Morgan fingerprint density at radius 1 is 0.923 bits per heavy atom. The highest BCUT2D eigenvalue weighted by Gasteiger charge is 2.09. The minimum Gasteiger partial charge on any atom is -0.234 e. The summed E-state index contributed by atoms with van der Waals surface area (Å²) in [6, 6.07) is 11.9. The lowest BCUT2D eigenvalue weighted by molar-refractivity contribution is 0.602. The lowest BCUT2D eigenvalue weighted by atomic mass is 10.0. The van der Waals surface area contributed by atoms with Gasteiger partial charge in [0.25, 0.3) is 0 Å². The van der Waals surface area contributed by atoms with Gasteiger partial charge in [-0.3, -0.25) is 0 Å². The molecule has 3 heteroatoms. The first-order valence-corrected chi connectivity index (χ1v) is 10.1. The van der Waals surface area contributed by atoms with Crippen molar-refractivity contribution >= 4 is 11.6 Å². The Bertz CT molecular complexity index is 693. The highest BCUT2D eigenvalue weighted by molar-refractivity contribution is 6.30. The quantitative estimate of drug-likeness (QED) is 0.370. The Labute approximate surface area is 164 Å². The zero-order chi connectivity index (χ0) is 19.4. The Balaban J connectivity index is 0.000000321. The molecule has 0 atom stereocenters. The Morgan fingerprint density at radius 2 is 1.46 bits per heavy atom. The summed E-state index contributed by atoms with van der Waals surface area (Å²) in [5.74, 6) is 0. The fourth-order valence-corrected chi connectivity index (χ4v) is 2.88. The fourth-order valence-electron chi connectivity index (χ4n) is 2.70. The number of nitriles is 1. The van der Waals surface area contributed by atoms with E-state index in [2.05, 4.69) is 18.8 Å². The topological polar surface area (TPSA) is 36.7 Å². The average molecular weight is 371 g/mol. The van der Waals surface area contributed by atoms with Crippen LogP contribution in [0.4, 0.5) is 0 Å². The fraction of sp³-hybridized carbons (Fsp3) is 0.478. The molecule has 0 aliphatic carbocycles. The van der Waals surface area contributed by atoms with Gasteiger partial charge in [-0.2, -0.15) is 5.26 Å². The predicted molar refractivity (Wildman–Crippen MR) is 113 cm³/mol. The minimum atomic E-state index is 0.258. The number of aromatic nitrogens is 1. The molecule has 0 saturated carbocycles. The van der Waals surface area contributed by atoms with Crippen LogP contribution in [0.3, 0.4) is 0 Å². The number of halogens is 1. The van der Waals surface area contributed by atoms with Gasteiger partial charge >= 0.3 is 0 Å². The Morgan fingerprint density at radius 3 is 1.96 bits per heavy atom. The molecule has 0 radical (unpaired) electrons. The van der Waals surface area contributed by atoms with Crippen LogP contribution in [-0.2, 0) is 0 Å². The molecule has 0 spiro atoms. The summed E-state index contributed by atoms with van der Waals surface area (Å²) in [5, 5.41) is 9.12. The van der Waals surface area contributed by atoms with Crippen LogP contribution in [0.1, 0.15) is 75.5 Å². The van der Waals surface area contributed by atoms with Crippen LogP contribution >= 0.6 is 11.6 Å². The maximum absolute atomic E-state index is 8.87. The third-order valence-electron chi connectivity index (χ3n) is 4.32. The van der Waals surface area contributed by atoms with Crippen LogP contribution in [0, 0.1) is 25.2 Å². The molecular weight excluding hydrogens is 340 g/mol. The lowest BCUT2D eigenvalue weighted by Gasteiger charge is -2.07. The summed E-state index contributed by atoms with van der Waals surface area (Å²) in [6.45, 7) is 8.49. The smallest absolute Gasteiger partial charge is 0.147 e. The van der Waals surface area contributed by atoms with Crippen molar-refractivity contribution in [1.82, 2.24) is 4.98 Å². The van der Waals surface area contributed by atoms with Gasteiger partial charge < -0.3 is 0 Å². The van der Waals surface area contributed by atoms with Crippen molar-refractivity contribution in [3.8, 4) is 17.3 Å². The maximum Gasteiger partial charge on any atom is 0.147 e. The first-order chi connectivity index (χ1) is 12.5. The second-order valence-electron chi connectivity index (χ2n) is 6.74. The van der Waals surface area contributed by atoms with Gasteiger partial charge in [-0.15, -0.1) is 0 Å². The van der Waals surface area contributed by atoms with E-state index in [-0.39, 0.29) is 5.15 Å². The second kappa shape index (κ2) is 12.5. The molecule has 1 heterocycles. The van der Waals surface area contributed by atoms with Gasteiger partial charge in [0.2, 0.25) is 0 Å². The van der Waals surface area contributed by atoms with Crippen LogP contribution < -0.4 is 0 Å². The van der Waals surface area contributed by atoms with Gasteiger partial charge in [0.05, 0.1) is 11.3 Å². The second-order valence-corrected chi connectivity index (χ2v) is 7.10.